The number of rotatable bonds is 5. The number of carboxylic acids is 1. The number of carbonyl (C=O) groups excluding carboxylic acids is 1. The van der Waals surface area contributed by atoms with Crippen molar-refractivity contribution in [1.82, 2.24) is 0 Å². The van der Waals surface area contributed by atoms with Crippen LogP contribution in [-0.4, -0.2) is 12.6 Å². The van der Waals surface area contributed by atoms with E-state index in [-0.39, 0.29) is 5.76 Å². The maximum absolute atomic E-state index is 10.3. The standard InChI is InChI=1S/C8H14O3/c1-3-5-6-7(8(9)10)11-4-2/h6H,3-5H2,1-2H3,(H,9,10)/p-1/b7-6-. The molecule has 0 spiro atoms. The van der Waals surface area contributed by atoms with E-state index >= 15 is 0 Å². The zero-order chi connectivity index (χ0) is 8.69. The van der Waals surface area contributed by atoms with Gasteiger partial charge in [-0.3, -0.25) is 0 Å². The number of aliphatic carboxylic acids is 1. The van der Waals surface area contributed by atoms with E-state index in [2.05, 4.69) is 0 Å². The van der Waals surface area contributed by atoms with Crippen LogP contribution in [0.25, 0.3) is 0 Å². The summed E-state index contributed by atoms with van der Waals surface area (Å²) in [4.78, 5) is 10.3. The average molecular weight is 157 g/mol. The first-order chi connectivity index (χ1) is 5.22. The molecular weight excluding hydrogens is 144 g/mol. The van der Waals surface area contributed by atoms with Crippen molar-refractivity contribution in [2.75, 3.05) is 6.61 Å². The Labute approximate surface area is 66.7 Å². The number of carboxylic acid groups (broad SMARTS) is 1. The summed E-state index contributed by atoms with van der Waals surface area (Å²) in [6.07, 6.45) is 3.16. The second-order valence-corrected chi connectivity index (χ2v) is 2.08. The molecule has 0 saturated carbocycles. The van der Waals surface area contributed by atoms with Gasteiger partial charge in [-0.15, -0.1) is 0 Å². The van der Waals surface area contributed by atoms with Crippen LogP contribution < -0.4 is 5.11 Å². The summed E-state index contributed by atoms with van der Waals surface area (Å²) < 4.78 is 4.80. The van der Waals surface area contributed by atoms with Gasteiger partial charge in [0.05, 0.1) is 6.61 Å². The first-order valence-corrected chi connectivity index (χ1v) is 3.76. The zero-order valence-corrected chi connectivity index (χ0v) is 6.92. The topological polar surface area (TPSA) is 49.4 Å². The van der Waals surface area contributed by atoms with E-state index in [1.807, 2.05) is 6.92 Å². The minimum Gasteiger partial charge on any atom is -0.542 e. The molecule has 0 saturated heterocycles. The molecule has 0 aromatic carbocycles. The predicted octanol–water partition coefficient (Wildman–Crippen LogP) is 0.457. The Kier molecular flexibility index (Phi) is 5.25. The fourth-order valence-electron chi connectivity index (χ4n) is 0.632. The molecule has 0 aromatic rings. The third-order valence-electron chi connectivity index (χ3n) is 1.12. The number of hydrogen-bond donors (Lipinski definition) is 0. The van der Waals surface area contributed by atoms with E-state index in [0.29, 0.717) is 13.0 Å². The molecule has 0 radical (unpaired) electrons. The van der Waals surface area contributed by atoms with Crippen LogP contribution in [0.4, 0.5) is 0 Å². The van der Waals surface area contributed by atoms with Gasteiger partial charge in [0.15, 0.2) is 0 Å². The molecule has 0 fully saturated rings. The van der Waals surface area contributed by atoms with Crippen molar-refractivity contribution in [2.24, 2.45) is 0 Å². The highest BCUT2D eigenvalue weighted by atomic mass is 16.5. The molecule has 0 amide bonds. The van der Waals surface area contributed by atoms with Crippen LogP contribution in [0.2, 0.25) is 0 Å². The van der Waals surface area contributed by atoms with Crippen LogP contribution in [0.3, 0.4) is 0 Å². The highest BCUT2D eigenvalue weighted by Crippen LogP contribution is 1.99. The largest absolute Gasteiger partial charge is 0.542 e. The second-order valence-electron chi connectivity index (χ2n) is 2.08. The monoisotopic (exact) mass is 157 g/mol. The van der Waals surface area contributed by atoms with Gasteiger partial charge in [-0.25, -0.2) is 0 Å². The fraction of sp³-hybridized carbons (Fsp3) is 0.625. The lowest BCUT2D eigenvalue weighted by molar-refractivity contribution is -0.303. The summed E-state index contributed by atoms with van der Waals surface area (Å²) >= 11 is 0. The molecule has 0 aliphatic rings. The fourth-order valence-corrected chi connectivity index (χ4v) is 0.632. The molecular formula is C8H13O3-. The third-order valence-corrected chi connectivity index (χ3v) is 1.12. The molecule has 0 bridgehead atoms. The quantitative estimate of drug-likeness (QED) is 0.430. The first kappa shape index (κ1) is 10.0. The summed E-state index contributed by atoms with van der Waals surface area (Å²) in [5.41, 5.74) is 0. The molecule has 0 N–H and O–H groups in total. The molecule has 0 rings (SSSR count). The molecule has 11 heavy (non-hydrogen) atoms. The SMILES string of the molecule is CCC/C=C(\OCC)C(=O)[O-]. The Balaban J connectivity index is 3.97. The maximum Gasteiger partial charge on any atom is 0.137 e. The van der Waals surface area contributed by atoms with Crippen molar-refractivity contribution >= 4 is 5.97 Å². The van der Waals surface area contributed by atoms with Crippen LogP contribution in [0.1, 0.15) is 26.7 Å². The molecule has 0 aromatic heterocycles. The average Bonchev–Trinajstić information content (AvgIpc) is 1.97. The van der Waals surface area contributed by atoms with Crippen molar-refractivity contribution in [1.29, 1.82) is 0 Å². The van der Waals surface area contributed by atoms with E-state index in [1.54, 1.807) is 13.0 Å². The van der Waals surface area contributed by atoms with Crippen LogP contribution in [0.15, 0.2) is 11.8 Å². The van der Waals surface area contributed by atoms with Gasteiger partial charge in [-0.05, 0) is 19.4 Å². The minimum atomic E-state index is -1.24. The summed E-state index contributed by atoms with van der Waals surface area (Å²) in [7, 11) is 0. The second kappa shape index (κ2) is 5.77. The molecule has 0 heterocycles. The van der Waals surface area contributed by atoms with Gasteiger partial charge in [0, 0.05) is 0 Å². The number of unbranched alkanes of at least 4 members (excludes halogenated alkanes) is 1. The third kappa shape index (κ3) is 4.42. The van der Waals surface area contributed by atoms with Gasteiger partial charge < -0.3 is 14.6 Å². The lowest BCUT2D eigenvalue weighted by atomic mass is 10.3. The summed E-state index contributed by atoms with van der Waals surface area (Å²) in [5, 5.41) is 10.3. The molecule has 0 aliphatic heterocycles. The molecule has 3 heteroatoms. The van der Waals surface area contributed by atoms with Crippen molar-refractivity contribution in [2.45, 2.75) is 26.7 Å². The van der Waals surface area contributed by atoms with E-state index in [9.17, 15) is 9.90 Å². The van der Waals surface area contributed by atoms with Crippen molar-refractivity contribution in [3.8, 4) is 0 Å². The van der Waals surface area contributed by atoms with Gasteiger partial charge in [-0.2, -0.15) is 0 Å². The summed E-state index contributed by atoms with van der Waals surface area (Å²) in [6.45, 7) is 4.07. The van der Waals surface area contributed by atoms with Gasteiger partial charge >= 0.3 is 0 Å². The highest BCUT2D eigenvalue weighted by Gasteiger charge is 1.95. The molecule has 3 nitrogen and oxygen atoms in total. The number of carbonyl (C=O) groups is 1. The summed E-state index contributed by atoms with van der Waals surface area (Å²) in [6, 6.07) is 0. The number of hydrogen-bond acceptors (Lipinski definition) is 3. The van der Waals surface area contributed by atoms with E-state index < -0.39 is 5.97 Å². The zero-order valence-electron chi connectivity index (χ0n) is 6.92. The van der Waals surface area contributed by atoms with Gasteiger partial charge in [-0.1, -0.05) is 13.3 Å². The lowest BCUT2D eigenvalue weighted by Gasteiger charge is -2.08. The molecule has 0 atom stereocenters. The number of ether oxygens (including phenoxy) is 1. The summed E-state index contributed by atoms with van der Waals surface area (Å²) in [5.74, 6) is -1.28. The predicted molar refractivity (Wildman–Crippen MR) is 39.6 cm³/mol. The molecule has 0 aliphatic carbocycles. The Morgan fingerprint density at radius 3 is 2.55 bits per heavy atom. The van der Waals surface area contributed by atoms with E-state index in [1.165, 1.54) is 0 Å². The normalized spacial score (nSPS) is 11.3. The minimum absolute atomic E-state index is 0.0469. The van der Waals surface area contributed by atoms with Gasteiger partial charge in [0.25, 0.3) is 0 Å². The molecule has 64 valence electrons. The van der Waals surface area contributed by atoms with E-state index in [4.69, 9.17) is 4.74 Å². The van der Waals surface area contributed by atoms with Crippen LogP contribution in [0, 0.1) is 0 Å². The Morgan fingerprint density at radius 2 is 2.18 bits per heavy atom. The van der Waals surface area contributed by atoms with Gasteiger partial charge in [0.1, 0.15) is 11.7 Å². The lowest BCUT2D eigenvalue weighted by Crippen LogP contribution is -2.25. The van der Waals surface area contributed by atoms with E-state index in [0.717, 1.165) is 6.42 Å². The van der Waals surface area contributed by atoms with Crippen molar-refractivity contribution < 1.29 is 14.6 Å². The van der Waals surface area contributed by atoms with Gasteiger partial charge in [0.2, 0.25) is 0 Å². The van der Waals surface area contributed by atoms with Crippen LogP contribution in [-0.2, 0) is 9.53 Å². The number of allylic oxidation sites excluding steroid dienone is 1. The van der Waals surface area contributed by atoms with Crippen molar-refractivity contribution in [3.63, 3.8) is 0 Å². The Hall–Kier alpha value is -0.990. The Bertz CT molecular complexity index is 149. The first-order valence-electron chi connectivity index (χ1n) is 3.76. The molecule has 0 unspecified atom stereocenters. The van der Waals surface area contributed by atoms with Crippen LogP contribution in [0.5, 0.6) is 0 Å². The van der Waals surface area contributed by atoms with Crippen molar-refractivity contribution in [3.05, 3.63) is 11.8 Å². The van der Waals surface area contributed by atoms with Crippen LogP contribution >= 0.6 is 0 Å². The highest BCUT2D eigenvalue weighted by molar-refractivity contribution is 5.82. The Morgan fingerprint density at radius 1 is 1.55 bits per heavy atom. The maximum atomic E-state index is 10.3. The smallest absolute Gasteiger partial charge is 0.137 e.